The van der Waals surface area contributed by atoms with Gasteiger partial charge in [-0.2, -0.15) is 0 Å². The highest BCUT2D eigenvalue weighted by Gasteiger charge is 2.27. The zero-order valence-electron chi connectivity index (χ0n) is 17.6. The highest BCUT2D eigenvalue weighted by atomic mass is 16.6. The van der Waals surface area contributed by atoms with Gasteiger partial charge >= 0.3 is 12.1 Å². The maximum absolute atomic E-state index is 12.4. The van der Waals surface area contributed by atoms with E-state index in [1.54, 1.807) is 13.0 Å². The molecule has 0 radical (unpaired) electrons. The molecule has 5 nitrogen and oxygen atoms in total. The molecule has 1 amide bonds. The standard InChI is InChI=1S/C23H33NO4/c1-5-27-21(25)16-20(19-11-7-6-8-12-19)14-13-18-10-9-15-24(17-18)22(26)28-23(2,3)4/h6-8,11-12,16,18H,5,9-10,13-15,17H2,1-4H3/b20-16-/t18-/m0/s1. The molecule has 0 saturated carbocycles. The second-order valence-corrected chi connectivity index (χ2v) is 8.26. The second kappa shape index (κ2) is 10.3. The number of carbonyl (C=O) groups is 2. The number of likely N-dealkylation sites (tertiary alicyclic amines) is 1. The fourth-order valence-electron chi connectivity index (χ4n) is 3.43. The van der Waals surface area contributed by atoms with Crippen molar-refractivity contribution in [1.82, 2.24) is 4.90 Å². The van der Waals surface area contributed by atoms with Crippen LogP contribution in [-0.2, 0) is 14.3 Å². The Morgan fingerprint density at radius 1 is 1.21 bits per heavy atom. The summed E-state index contributed by atoms with van der Waals surface area (Å²) in [5.74, 6) is 0.0935. The Bertz CT molecular complexity index is 676. The van der Waals surface area contributed by atoms with E-state index >= 15 is 0 Å². The van der Waals surface area contributed by atoms with Crippen molar-refractivity contribution in [2.24, 2.45) is 5.92 Å². The Kier molecular flexibility index (Phi) is 8.09. The molecule has 1 saturated heterocycles. The van der Waals surface area contributed by atoms with E-state index in [4.69, 9.17) is 9.47 Å². The molecule has 0 bridgehead atoms. The van der Waals surface area contributed by atoms with E-state index in [2.05, 4.69) is 0 Å². The first-order valence-electron chi connectivity index (χ1n) is 10.2. The van der Waals surface area contributed by atoms with Crippen molar-refractivity contribution in [2.45, 2.75) is 59.0 Å². The average molecular weight is 388 g/mol. The van der Waals surface area contributed by atoms with Crippen LogP contribution in [0.25, 0.3) is 5.57 Å². The van der Waals surface area contributed by atoms with Crippen LogP contribution in [-0.4, -0.2) is 42.3 Å². The van der Waals surface area contributed by atoms with Gasteiger partial charge in [-0.3, -0.25) is 0 Å². The lowest BCUT2D eigenvalue weighted by Gasteiger charge is -2.34. The molecule has 0 unspecified atom stereocenters. The van der Waals surface area contributed by atoms with Crippen molar-refractivity contribution in [3.8, 4) is 0 Å². The second-order valence-electron chi connectivity index (χ2n) is 8.26. The number of ether oxygens (including phenoxy) is 2. The van der Waals surface area contributed by atoms with Gasteiger partial charge in [0.25, 0.3) is 0 Å². The van der Waals surface area contributed by atoms with Crippen LogP contribution in [0.3, 0.4) is 0 Å². The maximum atomic E-state index is 12.4. The Hall–Kier alpha value is -2.30. The van der Waals surface area contributed by atoms with Gasteiger partial charge in [-0.25, -0.2) is 9.59 Å². The summed E-state index contributed by atoms with van der Waals surface area (Å²) in [6.07, 6.45) is 5.12. The predicted octanol–water partition coefficient (Wildman–Crippen LogP) is 5.06. The van der Waals surface area contributed by atoms with Gasteiger partial charge < -0.3 is 14.4 Å². The summed E-state index contributed by atoms with van der Waals surface area (Å²) in [4.78, 5) is 26.2. The molecule has 1 heterocycles. The molecule has 5 heteroatoms. The lowest BCUT2D eigenvalue weighted by molar-refractivity contribution is -0.137. The van der Waals surface area contributed by atoms with Gasteiger partial charge in [-0.05, 0) is 70.4 Å². The van der Waals surface area contributed by atoms with Crippen LogP contribution >= 0.6 is 0 Å². The summed E-state index contributed by atoms with van der Waals surface area (Å²) < 4.78 is 10.6. The van der Waals surface area contributed by atoms with Crippen LogP contribution in [0.5, 0.6) is 0 Å². The van der Waals surface area contributed by atoms with Crippen LogP contribution in [0, 0.1) is 5.92 Å². The minimum absolute atomic E-state index is 0.234. The predicted molar refractivity (Wildman–Crippen MR) is 111 cm³/mol. The van der Waals surface area contributed by atoms with Gasteiger partial charge in [0.15, 0.2) is 0 Å². The zero-order valence-corrected chi connectivity index (χ0v) is 17.6. The quantitative estimate of drug-likeness (QED) is 0.506. The van der Waals surface area contributed by atoms with Crippen LogP contribution in [0.1, 0.15) is 58.9 Å². The highest BCUT2D eigenvalue weighted by molar-refractivity contribution is 5.91. The fourth-order valence-corrected chi connectivity index (χ4v) is 3.43. The van der Waals surface area contributed by atoms with Gasteiger partial charge in [0.2, 0.25) is 0 Å². The third-order valence-electron chi connectivity index (χ3n) is 4.72. The van der Waals surface area contributed by atoms with Crippen LogP contribution in [0.15, 0.2) is 36.4 Å². The number of nitrogens with zero attached hydrogens (tertiary/aromatic N) is 1. The van der Waals surface area contributed by atoms with Gasteiger partial charge in [0.1, 0.15) is 5.60 Å². The van der Waals surface area contributed by atoms with Gasteiger partial charge in [-0.15, -0.1) is 0 Å². The molecule has 154 valence electrons. The summed E-state index contributed by atoms with van der Waals surface area (Å²) in [5.41, 5.74) is 1.54. The number of hydrogen-bond acceptors (Lipinski definition) is 4. The van der Waals surface area contributed by atoms with E-state index in [-0.39, 0.29) is 12.1 Å². The van der Waals surface area contributed by atoms with Crippen LogP contribution in [0.4, 0.5) is 4.79 Å². The lowest BCUT2D eigenvalue weighted by atomic mass is 9.90. The third-order valence-corrected chi connectivity index (χ3v) is 4.72. The van der Waals surface area contributed by atoms with Crippen molar-refractivity contribution >= 4 is 17.6 Å². The van der Waals surface area contributed by atoms with Crippen LogP contribution < -0.4 is 0 Å². The van der Waals surface area contributed by atoms with E-state index in [0.717, 1.165) is 43.4 Å². The summed E-state index contributed by atoms with van der Waals surface area (Å²) in [6, 6.07) is 9.93. The number of hydrogen-bond donors (Lipinski definition) is 0. The number of piperidine rings is 1. The Balaban J connectivity index is 2.00. The minimum Gasteiger partial charge on any atom is -0.463 e. The SMILES string of the molecule is CCOC(=O)/C=C(/CC[C@@H]1CCCN(C(=O)OC(C)(C)C)C1)c1ccccc1. The summed E-state index contributed by atoms with van der Waals surface area (Å²) in [5, 5.41) is 0. The van der Waals surface area contributed by atoms with Crippen molar-refractivity contribution in [3.05, 3.63) is 42.0 Å². The normalized spacial score (nSPS) is 17.9. The minimum atomic E-state index is -0.479. The molecule has 0 spiro atoms. The molecule has 1 aliphatic rings. The molecule has 2 rings (SSSR count). The summed E-state index contributed by atoms with van der Waals surface area (Å²) in [7, 11) is 0. The van der Waals surface area contributed by atoms with Crippen molar-refractivity contribution in [2.75, 3.05) is 19.7 Å². The van der Waals surface area contributed by atoms with Crippen molar-refractivity contribution in [3.63, 3.8) is 0 Å². The first-order chi connectivity index (χ1) is 13.3. The van der Waals surface area contributed by atoms with E-state index in [0.29, 0.717) is 19.1 Å². The van der Waals surface area contributed by atoms with Gasteiger partial charge in [0, 0.05) is 19.2 Å². The molecule has 0 aromatic heterocycles. The van der Waals surface area contributed by atoms with Crippen molar-refractivity contribution in [1.29, 1.82) is 0 Å². The largest absolute Gasteiger partial charge is 0.463 e. The summed E-state index contributed by atoms with van der Waals surface area (Å²) in [6.45, 7) is 9.29. The summed E-state index contributed by atoms with van der Waals surface area (Å²) >= 11 is 0. The van der Waals surface area contributed by atoms with Gasteiger partial charge in [0.05, 0.1) is 6.61 Å². The molecule has 0 aliphatic carbocycles. The molecule has 1 aromatic carbocycles. The molecule has 28 heavy (non-hydrogen) atoms. The Morgan fingerprint density at radius 2 is 1.93 bits per heavy atom. The Labute approximate surface area is 168 Å². The Morgan fingerprint density at radius 3 is 2.57 bits per heavy atom. The number of amides is 1. The fraction of sp³-hybridized carbons (Fsp3) is 0.565. The third kappa shape index (κ3) is 7.37. The first-order valence-corrected chi connectivity index (χ1v) is 10.2. The monoisotopic (exact) mass is 387 g/mol. The molecule has 1 atom stereocenters. The molecule has 0 N–H and O–H groups in total. The number of carbonyl (C=O) groups excluding carboxylic acids is 2. The lowest BCUT2D eigenvalue weighted by Crippen LogP contribution is -2.42. The van der Waals surface area contributed by atoms with E-state index in [9.17, 15) is 9.59 Å². The maximum Gasteiger partial charge on any atom is 0.410 e. The first kappa shape index (κ1) is 22.0. The number of rotatable bonds is 6. The smallest absolute Gasteiger partial charge is 0.410 e. The van der Waals surface area contributed by atoms with Gasteiger partial charge in [-0.1, -0.05) is 30.3 Å². The molecular formula is C23H33NO4. The molecular weight excluding hydrogens is 354 g/mol. The zero-order chi connectivity index (χ0) is 20.6. The topological polar surface area (TPSA) is 55.8 Å². The average Bonchev–Trinajstić information content (AvgIpc) is 2.65. The van der Waals surface area contributed by atoms with E-state index < -0.39 is 5.60 Å². The van der Waals surface area contributed by atoms with E-state index in [1.165, 1.54) is 0 Å². The molecule has 1 aromatic rings. The van der Waals surface area contributed by atoms with Crippen molar-refractivity contribution < 1.29 is 19.1 Å². The highest BCUT2D eigenvalue weighted by Crippen LogP contribution is 2.28. The number of benzene rings is 1. The number of esters is 1. The molecule has 1 fully saturated rings. The van der Waals surface area contributed by atoms with Crippen LogP contribution in [0.2, 0.25) is 0 Å². The molecule has 1 aliphatic heterocycles. The van der Waals surface area contributed by atoms with E-state index in [1.807, 2.05) is 56.0 Å². The number of allylic oxidation sites excluding steroid dienone is 1.